The molecule has 4 rings (SSSR count). The van der Waals surface area contributed by atoms with Crippen molar-refractivity contribution in [1.82, 2.24) is 30.0 Å². The Kier molecular flexibility index (Phi) is 4.83. The Morgan fingerprint density at radius 2 is 1.88 bits per heavy atom. The lowest BCUT2D eigenvalue weighted by molar-refractivity contribution is -0.134. The molecular formula is C18H24N6O2. The number of carbonyl (C=O) groups is 1. The normalized spacial score (nSPS) is 18.1. The first-order valence-corrected chi connectivity index (χ1v) is 9.26. The molecule has 8 heteroatoms. The van der Waals surface area contributed by atoms with Gasteiger partial charge in [-0.2, -0.15) is 4.68 Å². The monoisotopic (exact) mass is 356 g/mol. The first-order chi connectivity index (χ1) is 12.7. The fraction of sp³-hybridized carbons (Fsp3) is 0.556. The van der Waals surface area contributed by atoms with Crippen LogP contribution in [0.25, 0.3) is 5.69 Å². The molecule has 0 bridgehead atoms. The van der Waals surface area contributed by atoms with Crippen LogP contribution in [0.2, 0.25) is 0 Å². The van der Waals surface area contributed by atoms with E-state index in [-0.39, 0.29) is 0 Å². The first-order valence-electron chi connectivity index (χ1n) is 9.26. The summed E-state index contributed by atoms with van der Waals surface area (Å²) in [6.45, 7) is 6.57. The Hall–Kier alpha value is -2.48. The van der Waals surface area contributed by atoms with Crippen molar-refractivity contribution >= 4 is 5.91 Å². The second-order valence-corrected chi connectivity index (χ2v) is 6.81. The fourth-order valence-corrected chi connectivity index (χ4v) is 3.27. The van der Waals surface area contributed by atoms with E-state index < -0.39 is 0 Å². The summed E-state index contributed by atoms with van der Waals surface area (Å²) in [6, 6.07) is 7.76. The molecule has 1 saturated heterocycles. The van der Waals surface area contributed by atoms with Crippen LogP contribution >= 0.6 is 0 Å². The topological polar surface area (TPSA) is 76.4 Å². The summed E-state index contributed by atoms with van der Waals surface area (Å²) in [6.07, 6.45) is 2.13. The van der Waals surface area contributed by atoms with Crippen LogP contribution in [0.5, 0.6) is 5.75 Å². The largest absolute Gasteiger partial charge is 0.494 e. The number of nitrogens with zero attached hydrogens (tertiary/aromatic N) is 6. The van der Waals surface area contributed by atoms with E-state index in [1.807, 2.05) is 36.1 Å². The van der Waals surface area contributed by atoms with Crippen LogP contribution in [0.1, 0.15) is 25.6 Å². The minimum absolute atomic E-state index is 0.300. The molecule has 1 amide bonds. The third-order valence-electron chi connectivity index (χ3n) is 4.90. The Morgan fingerprint density at radius 3 is 2.54 bits per heavy atom. The fourth-order valence-electron chi connectivity index (χ4n) is 3.27. The molecule has 2 aromatic rings. The van der Waals surface area contributed by atoms with Crippen LogP contribution in [0, 0.1) is 5.92 Å². The molecule has 2 aliphatic rings. The number of ether oxygens (including phenoxy) is 1. The second-order valence-electron chi connectivity index (χ2n) is 6.81. The molecule has 1 aliphatic heterocycles. The molecule has 2 fully saturated rings. The smallest absolute Gasteiger partial charge is 0.225 e. The van der Waals surface area contributed by atoms with Gasteiger partial charge in [0.2, 0.25) is 5.91 Å². The quantitative estimate of drug-likeness (QED) is 0.772. The van der Waals surface area contributed by atoms with E-state index in [9.17, 15) is 4.79 Å². The van der Waals surface area contributed by atoms with Crippen LogP contribution in [0.3, 0.4) is 0 Å². The van der Waals surface area contributed by atoms with Crippen LogP contribution in [-0.4, -0.2) is 68.7 Å². The van der Waals surface area contributed by atoms with Gasteiger partial charge in [-0.15, -0.1) is 5.10 Å². The Labute approximate surface area is 152 Å². The summed E-state index contributed by atoms with van der Waals surface area (Å²) in [5, 5.41) is 12.1. The van der Waals surface area contributed by atoms with E-state index in [4.69, 9.17) is 4.74 Å². The molecule has 1 saturated carbocycles. The van der Waals surface area contributed by atoms with Gasteiger partial charge < -0.3 is 9.64 Å². The van der Waals surface area contributed by atoms with Crippen molar-refractivity contribution in [2.75, 3.05) is 32.8 Å². The zero-order valence-electron chi connectivity index (χ0n) is 15.0. The Balaban J connectivity index is 1.37. The zero-order chi connectivity index (χ0) is 17.9. The molecule has 2 heterocycles. The number of aromatic nitrogens is 4. The maximum Gasteiger partial charge on any atom is 0.225 e. The SMILES string of the molecule is CCOc1ccc(-n2nnnc2CN2CCN(C(=O)C3CC3)CC2)cc1. The average Bonchev–Trinajstić information content (AvgIpc) is 3.42. The van der Waals surface area contributed by atoms with Crippen molar-refractivity contribution in [1.29, 1.82) is 0 Å². The third-order valence-corrected chi connectivity index (χ3v) is 4.90. The Bertz CT molecular complexity index is 747. The molecule has 0 spiro atoms. The van der Waals surface area contributed by atoms with E-state index in [0.717, 1.165) is 56.3 Å². The summed E-state index contributed by atoms with van der Waals surface area (Å²) >= 11 is 0. The summed E-state index contributed by atoms with van der Waals surface area (Å²) in [5.74, 6) is 2.27. The lowest BCUT2D eigenvalue weighted by atomic mass is 10.2. The lowest BCUT2D eigenvalue weighted by Crippen LogP contribution is -2.49. The summed E-state index contributed by atoms with van der Waals surface area (Å²) < 4.78 is 7.24. The molecular weight excluding hydrogens is 332 g/mol. The maximum atomic E-state index is 12.2. The van der Waals surface area contributed by atoms with Gasteiger partial charge in [-0.25, -0.2) is 0 Å². The highest BCUT2D eigenvalue weighted by Gasteiger charge is 2.34. The summed E-state index contributed by atoms with van der Waals surface area (Å²) in [7, 11) is 0. The molecule has 1 aromatic heterocycles. The van der Waals surface area contributed by atoms with Crippen molar-refractivity contribution in [2.45, 2.75) is 26.3 Å². The molecule has 0 unspecified atom stereocenters. The van der Waals surface area contributed by atoms with E-state index in [2.05, 4.69) is 20.4 Å². The summed E-state index contributed by atoms with van der Waals surface area (Å²) in [4.78, 5) is 16.5. The molecule has 0 N–H and O–H groups in total. The second kappa shape index (κ2) is 7.41. The molecule has 1 aliphatic carbocycles. The highest BCUT2D eigenvalue weighted by molar-refractivity contribution is 5.81. The standard InChI is InChI=1S/C18H24N6O2/c1-2-26-16-7-5-15(6-8-16)24-17(19-20-21-24)13-22-9-11-23(12-10-22)18(25)14-3-4-14/h5-8,14H,2-4,9-13H2,1H3. The molecule has 0 atom stereocenters. The van der Waals surface area contributed by atoms with Gasteiger partial charge in [0, 0.05) is 32.1 Å². The minimum atomic E-state index is 0.300. The first kappa shape index (κ1) is 17.0. The number of hydrogen-bond acceptors (Lipinski definition) is 6. The van der Waals surface area contributed by atoms with Gasteiger partial charge >= 0.3 is 0 Å². The third kappa shape index (κ3) is 3.70. The van der Waals surface area contributed by atoms with Gasteiger partial charge in [0.15, 0.2) is 5.82 Å². The number of amides is 1. The van der Waals surface area contributed by atoms with Gasteiger partial charge in [0.1, 0.15) is 5.75 Å². The van der Waals surface area contributed by atoms with Crippen molar-refractivity contribution in [3.63, 3.8) is 0 Å². The van der Waals surface area contributed by atoms with Crippen LogP contribution < -0.4 is 4.74 Å². The zero-order valence-corrected chi connectivity index (χ0v) is 15.0. The van der Waals surface area contributed by atoms with E-state index >= 15 is 0 Å². The van der Waals surface area contributed by atoms with Gasteiger partial charge in [0.05, 0.1) is 18.8 Å². The molecule has 8 nitrogen and oxygen atoms in total. The lowest BCUT2D eigenvalue weighted by Gasteiger charge is -2.34. The number of rotatable bonds is 6. The van der Waals surface area contributed by atoms with Gasteiger partial charge in [-0.3, -0.25) is 9.69 Å². The maximum absolute atomic E-state index is 12.2. The molecule has 1 aromatic carbocycles. The number of carbonyl (C=O) groups excluding carboxylic acids is 1. The average molecular weight is 356 g/mol. The minimum Gasteiger partial charge on any atom is -0.494 e. The van der Waals surface area contributed by atoms with E-state index in [0.29, 0.717) is 25.0 Å². The van der Waals surface area contributed by atoms with Crippen molar-refractivity contribution in [3.05, 3.63) is 30.1 Å². The number of tetrazole rings is 1. The van der Waals surface area contributed by atoms with E-state index in [1.165, 1.54) is 0 Å². The molecule has 26 heavy (non-hydrogen) atoms. The number of hydrogen-bond donors (Lipinski definition) is 0. The number of benzene rings is 1. The predicted molar refractivity (Wildman–Crippen MR) is 94.9 cm³/mol. The van der Waals surface area contributed by atoms with Crippen molar-refractivity contribution < 1.29 is 9.53 Å². The number of piperazine rings is 1. The van der Waals surface area contributed by atoms with Crippen molar-refractivity contribution in [3.8, 4) is 11.4 Å². The molecule has 138 valence electrons. The van der Waals surface area contributed by atoms with Crippen LogP contribution in [0.4, 0.5) is 0 Å². The van der Waals surface area contributed by atoms with Crippen LogP contribution in [0.15, 0.2) is 24.3 Å². The summed E-state index contributed by atoms with van der Waals surface area (Å²) in [5.41, 5.74) is 0.913. The predicted octanol–water partition coefficient (Wildman–Crippen LogP) is 1.12. The van der Waals surface area contributed by atoms with Gasteiger partial charge in [-0.05, 0) is 54.5 Å². The highest BCUT2D eigenvalue weighted by Crippen LogP contribution is 2.31. The van der Waals surface area contributed by atoms with Gasteiger partial charge in [0.25, 0.3) is 0 Å². The Morgan fingerprint density at radius 1 is 1.15 bits per heavy atom. The van der Waals surface area contributed by atoms with Gasteiger partial charge in [-0.1, -0.05) is 0 Å². The van der Waals surface area contributed by atoms with E-state index in [1.54, 1.807) is 4.68 Å². The molecule has 0 radical (unpaired) electrons. The van der Waals surface area contributed by atoms with Crippen LogP contribution in [-0.2, 0) is 11.3 Å². The van der Waals surface area contributed by atoms with Crippen molar-refractivity contribution in [2.24, 2.45) is 5.92 Å². The highest BCUT2D eigenvalue weighted by atomic mass is 16.5.